The Hall–Kier alpha value is -3.33. The number of rotatable bonds is 8. The van der Waals surface area contributed by atoms with Crippen LogP contribution in [-0.2, 0) is 16.5 Å². The molecule has 0 atom stereocenters. The molecule has 3 heteroatoms. The average Bonchev–Trinajstić information content (AvgIpc) is 3.05. The first-order chi connectivity index (χ1) is 19.8. The van der Waals surface area contributed by atoms with Gasteiger partial charge in [-0.15, -0.1) is 0 Å². The van der Waals surface area contributed by atoms with E-state index in [1.807, 2.05) is 0 Å². The van der Waals surface area contributed by atoms with Crippen LogP contribution < -0.4 is 31.8 Å². The molecule has 0 bridgehead atoms. The fourth-order valence-electron chi connectivity index (χ4n) is 7.03. The minimum atomic E-state index is -2.65. The van der Waals surface area contributed by atoms with Gasteiger partial charge in [-0.05, 0) is 0 Å². The van der Waals surface area contributed by atoms with Gasteiger partial charge in [0.1, 0.15) is 0 Å². The van der Waals surface area contributed by atoms with Gasteiger partial charge in [-0.1, -0.05) is 0 Å². The smallest absolute Gasteiger partial charge is 0 e. The molecule has 0 aliphatic heterocycles. The molecule has 0 fully saturated rings. The molecule has 0 nitrogen and oxygen atoms in total. The summed E-state index contributed by atoms with van der Waals surface area (Å²) >= 11 is 0. The molecular formula is C38H36NiP2. The molecule has 0 aliphatic carbocycles. The minimum absolute atomic E-state index is 0. The van der Waals surface area contributed by atoms with Gasteiger partial charge in [0.2, 0.25) is 0 Å². The van der Waals surface area contributed by atoms with E-state index in [4.69, 9.17) is 0 Å². The Labute approximate surface area is 256 Å². The monoisotopic (exact) mass is 612 g/mol. The van der Waals surface area contributed by atoms with E-state index in [1.54, 1.807) is 0 Å². The molecule has 0 amide bonds. The summed E-state index contributed by atoms with van der Waals surface area (Å²) in [6.45, 7) is 2.58. The minimum Gasteiger partial charge on any atom is 0 e. The summed E-state index contributed by atoms with van der Waals surface area (Å²) in [4.78, 5) is 0. The molecule has 0 spiro atoms. The van der Waals surface area contributed by atoms with E-state index < -0.39 is 14.5 Å². The summed E-state index contributed by atoms with van der Waals surface area (Å²) in [6, 6.07) is 68.4. The van der Waals surface area contributed by atoms with Crippen molar-refractivity contribution < 1.29 is 16.5 Å². The maximum Gasteiger partial charge on any atom is 0 e. The summed E-state index contributed by atoms with van der Waals surface area (Å²) in [7, 11) is -5.30. The van der Waals surface area contributed by atoms with Crippen molar-refractivity contribution in [3.05, 3.63) is 182 Å². The fourth-order valence-corrected chi connectivity index (χ4v) is 21.9. The fraction of sp³-hybridized carbons (Fsp3) is 0.0526. The standard InChI is InChI=1S/C38H36P2.Ni/c1-32(39(33-20-8-2-9-21-33,34-22-10-3-11-23-34)35-24-12-4-13-25-35)40(36-26-14-5-15-27-36,37-28-16-6-17-29-37)38-30-18-7-19-31-38;/h2-32,39-40H,1H3;. The van der Waals surface area contributed by atoms with Crippen molar-refractivity contribution in [2.75, 3.05) is 0 Å². The van der Waals surface area contributed by atoms with Gasteiger partial charge in [0.15, 0.2) is 0 Å². The van der Waals surface area contributed by atoms with Crippen molar-refractivity contribution in [3.63, 3.8) is 0 Å². The van der Waals surface area contributed by atoms with Gasteiger partial charge < -0.3 is 0 Å². The first kappa shape index (κ1) is 29.2. The summed E-state index contributed by atoms with van der Waals surface area (Å²) < 4.78 is 0. The van der Waals surface area contributed by atoms with Gasteiger partial charge in [-0.2, -0.15) is 0 Å². The Morgan fingerprint density at radius 2 is 0.439 bits per heavy atom. The molecule has 0 radical (unpaired) electrons. The number of hydrogen-bond acceptors (Lipinski definition) is 0. The van der Waals surface area contributed by atoms with Crippen LogP contribution in [0.3, 0.4) is 0 Å². The second kappa shape index (κ2) is 13.1. The zero-order valence-corrected chi connectivity index (χ0v) is 26.2. The molecule has 41 heavy (non-hydrogen) atoms. The van der Waals surface area contributed by atoms with E-state index in [9.17, 15) is 0 Å². The molecule has 6 rings (SSSR count). The zero-order chi connectivity index (χ0) is 27.3. The SMILES string of the molecule is CC([PH](c1ccccc1)(c1ccccc1)c1ccccc1)[PH](c1ccccc1)(c1ccccc1)c1ccccc1.[Ni]. The predicted octanol–water partition coefficient (Wildman–Crippen LogP) is 6.78. The molecule has 0 aromatic heterocycles. The molecule has 0 unspecified atom stereocenters. The maximum atomic E-state index is 2.58. The van der Waals surface area contributed by atoms with E-state index in [2.05, 4.69) is 189 Å². The first-order valence-corrected chi connectivity index (χ1v) is 18.3. The largest absolute Gasteiger partial charge is 0 e. The van der Waals surface area contributed by atoms with Crippen molar-refractivity contribution in [2.45, 2.75) is 12.3 Å². The molecule has 6 aromatic rings. The van der Waals surface area contributed by atoms with Gasteiger partial charge in [0.25, 0.3) is 0 Å². The average molecular weight is 613 g/mol. The molecule has 0 aliphatic rings. The van der Waals surface area contributed by atoms with E-state index >= 15 is 0 Å². The molecular weight excluding hydrogens is 577 g/mol. The topological polar surface area (TPSA) is 0 Å². The quantitative estimate of drug-likeness (QED) is 0.131. The summed E-state index contributed by atoms with van der Waals surface area (Å²) in [5.74, 6) is 0. The Kier molecular flexibility index (Phi) is 9.33. The van der Waals surface area contributed by atoms with Gasteiger partial charge in [0, 0.05) is 16.5 Å². The van der Waals surface area contributed by atoms with Crippen LogP contribution in [-0.4, -0.2) is 5.40 Å². The Bertz CT molecular complexity index is 1310. The summed E-state index contributed by atoms with van der Waals surface area (Å²) in [5.41, 5.74) is 0. The van der Waals surface area contributed by atoms with E-state index in [0.29, 0.717) is 5.40 Å². The Morgan fingerprint density at radius 3 is 0.585 bits per heavy atom. The van der Waals surface area contributed by atoms with Gasteiger partial charge >= 0.3 is 241 Å². The maximum absolute atomic E-state index is 2.65. The van der Waals surface area contributed by atoms with Gasteiger partial charge in [-0.3, -0.25) is 0 Å². The zero-order valence-electron chi connectivity index (χ0n) is 23.2. The second-order valence-corrected chi connectivity index (χ2v) is 19.5. The van der Waals surface area contributed by atoms with Crippen LogP contribution in [0.4, 0.5) is 0 Å². The predicted molar refractivity (Wildman–Crippen MR) is 183 cm³/mol. The molecule has 0 saturated heterocycles. The summed E-state index contributed by atoms with van der Waals surface area (Å²) in [6.07, 6.45) is 0. The van der Waals surface area contributed by atoms with E-state index in [-0.39, 0.29) is 16.5 Å². The van der Waals surface area contributed by atoms with Crippen molar-refractivity contribution in [1.29, 1.82) is 0 Å². The third kappa shape index (κ3) is 5.13. The van der Waals surface area contributed by atoms with Crippen molar-refractivity contribution >= 4 is 46.4 Å². The second-order valence-electron chi connectivity index (χ2n) is 10.5. The van der Waals surface area contributed by atoms with Crippen molar-refractivity contribution in [2.24, 2.45) is 0 Å². The normalized spacial score (nSPS) is 13.0. The Balaban J connectivity index is 0.00000337. The van der Waals surface area contributed by atoms with E-state index in [0.717, 1.165) is 0 Å². The van der Waals surface area contributed by atoms with Gasteiger partial charge in [0.05, 0.1) is 0 Å². The molecule has 208 valence electrons. The Morgan fingerprint density at radius 1 is 0.293 bits per heavy atom. The first-order valence-electron chi connectivity index (χ1n) is 14.1. The van der Waals surface area contributed by atoms with Gasteiger partial charge in [-0.25, -0.2) is 0 Å². The third-order valence-electron chi connectivity index (χ3n) is 8.67. The van der Waals surface area contributed by atoms with E-state index in [1.165, 1.54) is 31.8 Å². The molecule has 0 heterocycles. The van der Waals surface area contributed by atoms with Crippen LogP contribution >= 0.6 is 14.5 Å². The third-order valence-corrected chi connectivity index (χ3v) is 21.3. The van der Waals surface area contributed by atoms with Crippen molar-refractivity contribution in [1.82, 2.24) is 0 Å². The molecule has 0 saturated carbocycles. The van der Waals surface area contributed by atoms with Crippen LogP contribution in [0.2, 0.25) is 0 Å². The van der Waals surface area contributed by atoms with Crippen LogP contribution in [0, 0.1) is 0 Å². The molecule has 6 aromatic carbocycles. The van der Waals surface area contributed by atoms with Crippen LogP contribution in [0.15, 0.2) is 182 Å². The number of hydrogen-bond donors (Lipinski definition) is 0. The molecule has 0 N–H and O–H groups in total. The summed E-state index contributed by atoms with van der Waals surface area (Å²) in [5, 5.41) is 9.08. The van der Waals surface area contributed by atoms with Crippen LogP contribution in [0.1, 0.15) is 6.92 Å². The number of benzene rings is 6. The van der Waals surface area contributed by atoms with Crippen molar-refractivity contribution in [3.8, 4) is 0 Å². The van der Waals surface area contributed by atoms with Crippen LogP contribution in [0.5, 0.6) is 0 Å². The van der Waals surface area contributed by atoms with Crippen LogP contribution in [0.25, 0.3) is 0 Å².